The molecule has 1 aliphatic heterocycles. The smallest absolute Gasteiger partial charge is 0.416 e. The molecule has 0 saturated heterocycles. The van der Waals surface area contributed by atoms with E-state index in [4.69, 9.17) is 4.74 Å². The molecular formula is C23H26F3N3O2. The average molecular weight is 433 g/mol. The molecule has 0 bridgehead atoms. The molecule has 2 heterocycles. The molecule has 1 saturated carbocycles. The number of ether oxygens (including phenoxy) is 1. The lowest BCUT2D eigenvalue weighted by Crippen LogP contribution is -2.53. The first-order valence-electron chi connectivity index (χ1n) is 10.5. The number of anilines is 2. The highest BCUT2D eigenvalue weighted by molar-refractivity contribution is 6.12. The zero-order valence-corrected chi connectivity index (χ0v) is 17.9. The molecule has 1 fully saturated rings. The minimum Gasteiger partial charge on any atom is -0.481 e. The maximum atomic E-state index is 13.4. The second-order valence-corrected chi connectivity index (χ2v) is 8.36. The number of halogens is 3. The fourth-order valence-electron chi connectivity index (χ4n) is 4.72. The van der Waals surface area contributed by atoms with Crippen molar-refractivity contribution >= 4 is 17.3 Å². The van der Waals surface area contributed by atoms with Crippen molar-refractivity contribution in [2.75, 3.05) is 23.6 Å². The van der Waals surface area contributed by atoms with E-state index in [9.17, 15) is 18.0 Å². The highest BCUT2D eigenvalue weighted by Gasteiger charge is 2.39. The number of hydrogen-bond donors (Lipinski definition) is 0. The Morgan fingerprint density at radius 2 is 1.84 bits per heavy atom. The van der Waals surface area contributed by atoms with Crippen LogP contribution in [-0.2, 0) is 6.18 Å². The van der Waals surface area contributed by atoms with Crippen LogP contribution in [0.15, 0.2) is 30.3 Å². The Kier molecular flexibility index (Phi) is 5.58. The van der Waals surface area contributed by atoms with E-state index >= 15 is 0 Å². The number of pyridine rings is 1. The number of carbonyl (C=O) groups is 1. The fourth-order valence-corrected chi connectivity index (χ4v) is 4.72. The SMILES string of the molecule is COc1ccc(N2CN([C@@H]3CCCC[C@@H]3C)c3cc(C(F)(F)F)ccc3C2=O)c(C)n1. The van der Waals surface area contributed by atoms with E-state index in [-0.39, 0.29) is 24.2 Å². The summed E-state index contributed by atoms with van der Waals surface area (Å²) in [6.07, 6.45) is -0.414. The van der Waals surface area contributed by atoms with E-state index in [1.165, 1.54) is 13.2 Å². The Morgan fingerprint density at radius 1 is 1.10 bits per heavy atom. The molecule has 166 valence electrons. The molecule has 0 N–H and O–H groups in total. The summed E-state index contributed by atoms with van der Waals surface area (Å²) in [6, 6.07) is 6.95. The summed E-state index contributed by atoms with van der Waals surface area (Å²) in [4.78, 5) is 21.3. The van der Waals surface area contributed by atoms with Gasteiger partial charge < -0.3 is 9.64 Å². The quantitative estimate of drug-likeness (QED) is 0.648. The summed E-state index contributed by atoms with van der Waals surface area (Å²) < 4.78 is 45.5. The van der Waals surface area contributed by atoms with Gasteiger partial charge in [-0.15, -0.1) is 0 Å². The Hall–Kier alpha value is -2.77. The number of carbonyl (C=O) groups excluding carboxylic acids is 1. The van der Waals surface area contributed by atoms with E-state index in [0.717, 1.165) is 37.8 Å². The third-order valence-corrected chi connectivity index (χ3v) is 6.40. The minimum absolute atomic E-state index is 0.0677. The van der Waals surface area contributed by atoms with Crippen LogP contribution in [0.1, 0.15) is 54.2 Å². The van der Waals surface area contributed by atoms with Crippen molar-refractivity contribution in [2.24, 2.45) is 5.92 Å². The number of amides is 1. The summed E-state index contributed by atoms with van der Waals surface area (Å²) in [5.74, 6) is 0.443. The van der Waals surface area contributed by atoms with Crippen molar-refractivity contribution in [3.63, 3.8) is 0 Å². The third-order valence-electron chi connectivity index (χ3n) is 6.40. The Labute approximate surface area is 179 Å². The van der Waals surface area contributed by atoms with Crippen LogP contribution in [0.5, 0.6) is 5.88 Å². The lowest BCUT2D eigenvalue weighted by atomic mass is 9.84. The van der Waals surface area contributed by atoms with Gasteiger partial charge in [0.25, 0.3) is 5.91 Å². The van der Waals surface area contributed by atoms with Gasteiger partial charge in [0.1, 0.15) is 0 Å². The van der Waals surface area contributed by atoms with E-state index in [1.54, 1.807) is 24.0 Å². The van der Waals surface area contributed by atoms with Gasteiger partial charge in [-0.25, -0.2) is 4.98 Å². The number of alkyl halides is 3. The molecule has 1 amide bonds. The van der Waals surface area contributed by atoms with Crippen LogP contribution in [0, 0.1) is 12.8 Å². The maximum absolute atomic E-state index is 13.4. The predicted octanol–water partition coefficient (Wildman–Crippen LogP) is 5.42. The standard InChI is InChI=1S/C23H26F3N3O2/c1-14-6-4-5-7-18(14)28-13-29(19-10-11-21(31-3)27-15(19)2)22(30)17-9-8-16(12-20(17)28)23(24,25)26/h8-12,14,18H,4-7,13H2,1-3H3/t14-,18+/m0/s1. The molecular weight excluding hydrogens is 407 g/mol. The van der Waals surface area contributed by atoms with Crippen LogP contribution in [-0.4, -0.2) is 30.7 Å². The number of benzene rings is 1. The maximum Gasteiger partial charge on any atom is 0.416 e. The monoisotopic (exact) mass is 433 g/mol. The van der Waals surface area contributed by atoms with Gasteiger partial charge >= 0.3 is 6.18 Å². The first-order chi connectivity index (χ1) is 14.7. The lowest BCUT2D eigenvalue weighted by molar-refractivity contribution is -0.137. The second kappa shape index (κ2) is 8.05. The molecule has 2 aromatic rings. The van der Waals surface area contributed by atoms with Crippen molar-refractivity contribution in [3.8, 4) is 5.88 Å². The molecule has 2 atom stereocenters. The number of fused-ring (bicyclic) bond motifs is 1. The van der Waals surface area contributed by atoms with Crippen LogP contribution < -0.4 is 14.5 Å². The van der Waals surface area contributed by atoms with Crippen LogP contribution in [0.2, 0.25) is 0 Å². The summed E-state index contributed by atoms with van der Waals surface area (Å²) in [7, 11) is 1.52. The molecule has 1 aromatic heterocycles. The van der Waals surface area contributed by atoms with Gasteiger partial charge in [0.05, 0.1) is 42.0 Å². The molecule has 4 rings (SSSR count). The van der Waals surface area contributed by atoms with Crippen molar-refractivity contribution in [1.29, 1.82) is 0 Å². The molecule has 1 aromatic carbocycles. The van der Waals surface area contributed by atoms with Gasteiger partial charge in [-0.2, -0.15) is 13.2 Å². The second-order valence-electron chi connectivity index (χ2n) is 8.36. The van der Waals surface area contributed by atoms with Crippen LogP contribution in [0.25, 0.3) is 0 Å². The topological polar surface area (TPSA) is 45.7 Å². The van der Waals surface area contributed by atoms with Gasteiger partial charge in [-0.1, -0.05) is 19.8 Å². The van der Waals surface area contributed by atoms with Crippen LogP contribution >= 0.6 is 0 Å². The molecule has 2 aliphatic rings. The average Bonchev–Trinajstić information content (AvgIpc) is 2.74. The number of rotatable bonds is 3. The Morgan fingerprint density at radius 3 is 2.48 bits per heavy atom. The van der Waals surface area contributed by atoms with Crippen molar-refractivity contribution in [2.45, 2.75) is 51.7 Å². The van der Waals surface area contributed by atoms with Gasteiger partial charge in [-0.05, 0) is 49.9 Å². The predicted molar refractivity (Wildman–Crippen MR) is 113 cm³/mol. The number of methoxy groups -OCH3 is 1. The fraction of sp³-hybridized carbons (Fsp3) is 0.478. The third kappa shape index (κ3) is 3.95. The van der Waals surface area contributed by atoms with Crippen molar-refractivity contribution in [3.05, 3.63) is 47.2 Å². The van der Waals surface area contributed by atoms with Gasteiger partial charge in [0, 0.05) is 12.1 Å². The number of aromatic nitrogens is 1. The highest BCUT2D eigenvalue weighted by Crippen LogP contribution is 2.41. The Balaban J connectivity index is 1.81. The van der Waals surface area contributed by atoms with E-state index < -0.39 is 11.7 Å². The minimum atomic E-state index is -4.46. The molecule has 0 radical (unpaired) electrons. The van der Waals surface area contributed by atoms with E-state index in [0.29, 0.717) is 28.9 Å². The summed E-state index contributed by atoms with van der Waals surface area (Å²) in [5.41, 5.74) is 1.17. The number of hydrogen-bond acceptors (Lipinski definition) is 4. The number of aryl methyl sites for hydroxylation is 1. The largest absolute Gasteiger partial charge is 0.481 e. The zero-order valence-electron chi connectivity index (χ0n) is 17.9. The summed E-state index contributed by atoms with van der Waals surface area (Å²) in [6.45, 7) is 4.12. The zero-order chi connectivity index (χ0) is 22.3. The molecule has 0 unspecified atom stereocenters. The van der Waals surface area contributed by atoms with Gasteiger partial charge in [-0.3, -0.25) is 9.69 Å². The first kappa shape index (κ1) is 21.5. The highest BCUT2D eigenvalue weighted by atomic mass is 19.4. The Bertz CT molecular complexity index is 993. The number of nitrogens with zero attached hydrogens (tertiary/aromatic N) is 3. The first-order valence-corrected chi connectivity index (χ1v) is 10.5. The summed E-state index contributed by atoms with van der Waals surface area (Å²) in [5, 5.41) is 0. The van der Waals surface area contributed by atoms with E-state index in [2.05, 4.69) is 11.9 Å². The molecule has 8 heteroatoms. The van der Waals surface area contributed by atoms with Crippen LogP contribution in [0.4, 0.5) is 24.5 Å². The molecule has 5 nitrogen and oxygen atoms in total. The molecule has 0 spiro atoms. The normalized spacial score (nSPS) is 21.8. The van der Waals surface area contributed by atoms with Crippen molar-refractivity contribution < 1.29 is 22.7 Å². The van der Waals surface area contributed by atoms with Gasteiger partial charge in [0.2, 0.25) is 5.88 Å². The van der Waals surface area contributed by atoms with Gasteiger partial charge in [0.15, 0.2) is 0 Å². The molecule has 31 heavy (non-hydrogen) atoms. The van der Waals surface area contributed by atoms with E-state index in [1.807, 2.05) is 4.90 Å². The lowest BCUT2D eigenvalue weighted by Gasteiger charge is -2.46. The van der Waals surface area contributed by atoms with Crippen molar-refractivity contribution in [1.82, 2.24) is 4.98 Å². The summed E-state index contributed by atoms with van der Waals surface area (Å²) >= 11 is 0. The molecule has 1 aliphatic carbocycles. The van der Waals surface area contributed by atoms with Crippen LogP contribution in [0.3, 0.4) is 0 Å².